The molecule has 4 rings (SSSR count). The number of unbranched alkanes of at least 4 members (excludes halogenated alkanes) is 1. The third kappa shape index (κ3) is 6.63. The highest BCUT2D eigenvalue weighted by Crippen LogP contribution is 2.40. The molecule has 0 unspecified atom stereocenters. The summed E-state index contributed by atoms with van der Waals surface area (Å²) in [6.45, 7) is 1.88. The van der Waals surface area contributed by atoms with E-state index < -0.39 is 17.9 Å². The van der Waals surface area contributed by atoms with Gasteiger partial charge in [-0.1, -0.05) is 6.07 Å². The van der Waals surface area contributed by atoms with Crippen molar-refractivity contribution in [3.63, 3.8) is 0 Å². The van der Waals surface area contributed by atoms with Crippen LogP contribution in [0, 0.1) is 11.3 Å². The second-order valence-corrected chi connectivity index (χ2v) is 9.44. The summed E-state index contributed by atoms with van der Waals surface area (Å²) in [5.41, 5.74) is 2.26. The van der Waals surface area contributed by atoms with Crippen molar-refractivity contribution >= 4 is 17.6 Å². The first-order valence-electron chi connectivity index (χ1n) is 12.4. The Labute approximate surface area is 209 Å². The summed E-state index contributed by atoms with van der Waals surface area (Å²) in [5, 5.41) is 25.0. The van der Waals surface area contributed by atoms with Gasteiger partial charge in [-0.3, -0.25) is 4.90 Å². The summed E-state index contributed by atoms with van der Waals surface area (Å²) in [7, 11) is 0. The van der Waals surface area contributed by atoms with Crippen molar-refractivity contribution in [1.29, 1.82) is 5.26 Å². The molecule has 2 aromatic heterocycles. The molecule has 0 aromatic carbocycles. The molecule has 3 N–H and O–H groups in total. The number of pyridine rings is 1. The number of hydrogen-bond acceptors (Lipinski definition) is 8. The lowest BCUT2D eigenvalue weighted by Gasteiger charge is -2.43. The van der Waals surface area contributed by atoms with Crippen LogP contribution in [0.15, 0.2) is 24.5 Å². The van der Waals surface area contributed by atoms with Crippen LogP contribution in [0.5, 0.6) is 0 Å². The number of carbonyl (C=O) groups is 1. The number of nitrogens with zero attached hydrogens (tertiary/aromatic N) is 5. The minimum atomic E-state index is -2.66. The van der Waals surface area contributed by atoms with Crippen molar-refractivity contribution in [3.05, 3.63) is 41.5 Å². The van der Waals surface area contributed by atoms with Gasteiger partial charge in [-0.2, -0.15) is 5.26 Å². The van der Waals surface area contributed by atoms with Crippen LogP contribution in [0.3, 0.4) is 0 Å². The lowest BCUT2D eigenvalue weighted by Crippen LogP contribution is -2.52. The molecule has 1 aliphatic carbocycles. The van der Waals surface area contributed by atoms with Crippen LogP contribution < -0.4 is 10.6 Å². The number of carboxylic acids is 1. The molecule has 36 heavy (non-hydrogen) atoms. The zero-order chi connectivity index (χ0) is 25.5. The maximum Gasteiger partial charge on any atom is 0.326 e. The highest BCUT2D eigenvalue weighted by atomic mass is 19.3. The monoisotopic (exact) mass is 499 g/mol. The maximum absolute atomic E-state index is 13.6. The van der Waals surface area contributed by atoms with E-state index in [0.717, 1.165) is 50.2 Å². The molecule has 1 atom stereocenters. The first-order chi connectivity index (χ1) is 17.3. The number of aryl methyl sites for hydroxylation is 2. The Bertz CT molecular complexity index is 1100. The number of rotatable bonds is 12. The minimum absolute atomic E-state index is 0.00484. The van der Waals surface area contributed by atoms with Gasteiger partial charge in [0.05, 0.1) is 0 Å². The Morgan fingerprint density at radius 1 is 1.28 bits per heavy atom. The van der Waals surface area contributed by atoms with Gasteiger partial charge in [0.25, 0.3) is 5.92 Å². The van der Waals surface area contributed by atoms with Gasteiger partial charge in [0.15, 0.2) is 11.5 Å². The number of alkyl halides is 2. The van der Waals surface area contributed by atoms with E-state index in [-0.39, 0.29) is 36.8 Å². The molecule has 0 saturated heterocycles. The second-order valence-electron chi connectivity index (χ2n) is 9.44. The fourth-order valence-corrected chi connectivity index (χ4v) is 4.74. The van der Waals surface area contributed by atoms with E-state index in [0.29, 0.717) is 13.1 Å². The molecule has 0 radical (unpaired) electrons. The van der Waals surface area contributed by atoms with Crippen molar-refractivity contribution in [1.82, 2.24) is 19.9 Å². The molecule has 0 amide bonds. The van der Waals surface area contributed by atoms with Crippen LogP contribution >= 0.6 is 0 Å². The Morgan fingerprint density at radius 2 is 2.08 bits per heavy atom. The topological polar surface area (TPSA) is 127 Å². The predicted octanol–water partition coefficient (Wildman–Crippen LogP) is 3.48. The molecule has 0 bridgehead atoms. The van der Waals surface area contributed by atoms with E-state index in [9.17, 15) is 23.9 Å². The molecule has 192 valence electrons. The van der Waals surface area contributed by atoms with Gasteiger partial charge in [0, 0.05) is 50.1 Å². The smallest absolute Gasteiger partial charge is 0.326 e. The van der Waals surface area contributed by atoms with E-state index in [1.807, 2.05) is 11.0 Å². The summed E-state index contributed by atoms with van der Waals surface area (Å²) in [5.74, 6) is -2.70. The van der Waals surface area contributed by atoms with Gasteiger partial charge >= 0.3 is 5.97 Å². The summed E-state index contributed by atoms with van der Waals surface area (Å²) in [6.07, 6.45) is 7.09. The number of aliphatic carboxylic acids is 1. The number of anilines is 2. The molecule has 2 aliphatic rings. The molecule has 9 nitrogen and oxygen atoms in total. The lowest BCUT2D eigenvalue weighted by molar-refractivity contribution is -0.139. The Kier molecular flexibility index (Phi) is 8.25. The van der Waals surface area contributed by atoms with Gasteiger partial charge in [0.1, 0.15) is 17.9 Å². The van der Waals surface area contributed by atoms with Crippen LogP contribution in [0.25, 0.3) is 0 Å². The minimum Gasteiger partial charge on any atom is -0.480 e. The van der Waals surface area contributed by atoms with E-state index in [4.69, 9.17) is 4.98 Å². The number of carboxylic acid groups (broad SMARTS) is 1. The third-order valence-corrected chi connectivity index (χ3v) is 6.78. The number of nitrogens with one attached hydrogen (secondary N) is 2. The van der Waals surface area contributed by atoms with E-state index in [1.165, 1.54) is 18.0 Å². The highest BCUT2D eigenvalue weighted by molar-refractivity contribution is 5.77. The largest absolute Gasteiger partial charge is 0.480 e. The van der Waals surface area contributed by atoms with Gasteiger partial charge in [-0.05, 0) is 56.7 Å². The van der Waals surface area contributed by atoms with Gasteiger partial charge in [-0.25, -0.2) is 28.5 Å². The normalized spacial score (nSPS) is 17.4. The SMILES string of the molecule is N#Cc1nccnc1N[C@@H](CCN(CCCCc1ccc2c(n1)NCCC2)C1CC(F)(F)C1)C(=O)O. The van der Waals surface area contributed by atoms with Crippen molar-refractivity contribution in [2.24, 2.45) is 0 Å². The average Bonchev–Trinajstić information content (AvgIpc) is 2.86. The summed E-state index contributed by atoms with van der Waals surface area (Å²) >= 11 is 0. The molecule has 0 spiro atoms. The Balaban J connectivity index is 1.31. The van der Waals surface area contributed by atoms with Crippen molar-refractivity contribution in [2.75, 3.05) is 30.3 Å². The standard InChI is InChI=1S/C25H31F2N7O2/c26-25(27)14-19(15-25)34(12-2-1-5-18-7-6-17-4-3-9-30-22(17)32-18)13-8-20(24(35)36)33-23-21(16-28)29-10-11-31-23/h6-7,10-11,19-20H,1-5,8-9,12-15H2,(H,30,32)(H,31,33)(H,35,36)/t20-/m0/s1. The van der Waals surface area contributed by atoms with Crippen LogP contribution in [0.1, 0.15) is 55.5 Å². The van der Waals surface area contributed by atoms with Crippen LogP contribution in [0.2, 0.25) is 0 Å². The molecule has 2 aromatic rings. The van der Waals surface area contributed by atoms with Crippen LogP contribution in [-0.2, 0) is 17.6 Å². The number of hydrogen-bond donors (Lipinski definition) is 3. The van der Waals surface area contributed by atoms with Crippen molar-refractivity contribution in [3.8, 4) is 6.07 Å². The first kappa shape index (κ1) is 25.7. The lowest BCUT2D eigenvalue weighted by atomic mass is 9.86. The highest BCUT2D eigenvalue weighted by Gasteiger charge is 2.47. The molecular weight excluding hydrogens is 468 g/mol. The maximum atomic E-state index is 13.6. The van der Waals surface area contributed by atoms with Crippen LogP contribution in [0.4, 0.5) is 20.4 Å². The molecule has 11 heteroatoms. The van der Waals surface area contributed by atoms with E-state index in [1.54, 1.807) is 0 Å². The fraction of sp³-hybridized carbons (Fsp3) is 0.560. The summed E-state index contributed by atoms with van der Waals surface area (Å²) in [4.78, 5) is 26.4. The van der Waals surface area contributed by atoms with Gasteiger partial charge in [-0.15, -0.1) is 0 Å². The molecule has 1 fully saturated rings. The molecule has 3 heterocycles. The number of aromatic nitrogens is 3. The molecular formula is C25H31F2N7O2. The molecule has 1 saturated carbocycles. The number of fused-ring (bicyclic) bond motifs is 1. The van der Waals surface area contributed by atoms with Crippen molar-refractivity contribution < 1.29 is 18.7 Å². The third-order valence-electron chi connectivity index (χ3n) is 6.78. The second kappa shape index (κ2) is 11.6. The van der Waals surface area contributed by atoms with Gasteiger partial charge in [0.2, 0.25) is 0 Å². The van der Waals surface area contributed by atoms with Gasteiger partial charge < -0.3 is 15.7 Å². The number of halogens is 2. The van der Waals surface area contributed by atoms with Crippen molar-refractivity contribution in [2.45, 2.75) is 69.4 Å². The zero-order valence-corrected chi connectivity index (χ0v) is 20.1. The fourth-order valence-electron chi connectivity index (χ4n) is 4.74. The predicted molar refractivity (Wildman–Crippen MR) is 130 cm³/mol. The molecule has 1 aliphatic heterocycles. The number of nitriles is 1. The van der Waals surface area contributed by atoms with Crippen LogP contribution in [-0.4, -0.2) is 68.6 Å². The zero-order valence-electron chi connectivity index (χ0n) is 20.1. The quantitative estimate of drug-likeness (QED) is 0.376. The summed E-state index contributed by atoms with van der Waals surface area (Å²) in [6, 6.07) is 4.77. The van der Waals surface area contributed by atoms with E-state index >= 15 is 0 Å². The Morgan fingerprint density at radius 3 is 2.83 bits per heavy atom. The first-order valence-corrected chi connectivity index (χ1v) is 12.4. The average molecular weight is 500 g/mol. The van der Waals surface area contributed by atoms with E-state index in [2.05, 4.69) is 32.7 Å². The Hall–Kier alpha value is -3.39. The summed E-state index contributed by atoms with van der Waals surface area (Å²) < 4.78 is 27.2.